The van der Waals surface area contributed by atoms with Crippen molar-refractivity contribution in [2.24, 2.45) is 0 Å². The SMILES string of the molecule is c1cc(-c2cc3c4ccccc4oc3c3c2sc2ccccc23)cc(N(c2ccc(-c3ccc4ccccc4c3)cc2)c2ccc3ccccc3c2)c1. The van der Waals surface area contributed by atoms with Gasteiger partial charge in [0, 0.05) is 53.6 Å². The number of para-hydroxylation sites is 1. The van der Waals surface area contributed by atoms with Crippen molar-refractivity contribution in [3.05, 3.63) is 188 Å². The van der Waals surface area contributed by atoms with Crippen LogP contribution in [0.25, 0.3) is 85.9 Å². The monoisotopic (exact) mass is 693 g/mol. The minimum absolute atomic E-state index is 0.916. The molecule has 53 heavy (non-hydrogen) atoms. The molecule has 0 bridgehead atoms. The third kappa shape index (κ3) is 4.93. The van der Waals surface area contributed by atoms with Gasteiger partial charge < -0.3 is 9.32 Å². The van der Waals surface area contributed by atoms with E-state index in [0.29, 0.717) is 0 Å². The molecule has 3 heteroatoms. The summed E-state index contributed by atoms with van der Waals surface area (Å²) in [5.74, 6) is 0. The Balaban J connectivity index is 1.10. The van der Waals surface area contributed by atoms with Crippen molar-refractivity contribution in [3.63, 3.8) is 0 Å². The van der Waals surface area contributed by atoms with E-state index in [4.69, 9.17) is 4.42 Å². The quantitative estimate of drug-likeness (QED) is 0.178. The highest BCUT2D eigenvalue weighted by atomic mass is 32.1. The lowest BCUT2D eigenvalue weighted by molar-refractivity contribution is 0.673. The third-order valence-electron chi connectivity index (χ3n) is 10.6. The van der Waals surface area contributed by atoms with Crippen LogP contribution in [0, 0.1) is 0 Å². The number of hydrogen-bond acceptors (Lipinski definition) is 3. The van der Waals surface area contributed by atoms with Gasteiger partial charge in [0.05, 0.1) is 0 Å². The minimum Gasteiger partial charge on any atom is -0.455 e. The molecule has 0 aliphatic rings. The van der Waals surface area contributed by atoms with Gasteiger partial charge in [0.1, 0.15) is 11.2 Å². The molecule has 0 unspecified atom stereocenters. The first-order valence-electron chi connectivity index (χ1n) is 18.0. The maximum Gasteiger partial charge on any atom is 0.144 e. The second kappa shape index (κ2) is 11.9. The molecule has 0 aliphatic heterocycles. The molecule has 2 heterocycles. The molecular formula is C50H31NOS. The molecule has 2 aromatic heterocycles. The van der Waals surface area contributed by atoms with Crippen LogP contribution in [0.5, 0.6) is 0 Å². The van der Waals surface area contributed by atoms with Gasteiger partial charge in [-0.1, -0.05) is 127 Å². The molecule has 0 aliphatic carbocycles. The van der Waals surface area contributed by atoms with E-state index < -0.39 is 0 Å². The van der Waals surface area contributed by atoms with E-state index in [9.17, 15) is 0 Å². The van der Waals surface area contributed by atoms with E-state index in [1.165, 1.54) is 64.0 Å². The molecule has 0 saturated carbocycles. The van der Waals surface area contributed by atoms with Crippen LogP contribution in [-0.2, 0) is 0 Å². The van der Waals surface area contributed by atoms with Gasteiger partial charge >= 0.3 is 0 Å². The molecule has 0 atom stereocenters. The number of nitrogens with zero attached hydrogens (tertiary/aromatic N) is 1. The molecule has 0 amide bonds. The van der Waals surface area contributed by atoms with Gasteiger partial charge in [-0.2, -0.15) is 0 Å². The number of hydrogen-bond donors (Lipinski definition) is 0. The van der Waals surface area contributed by atoms with Gasteiger partial charge in [-0.25, -0.2) is 0 Å². The molecule has 0 saturated heterocycles. The average Bonchev–Trinajstić information content (AvgIpc) is 3.80. The van der Waals surface area contributed by atoms with E-state index in [1.807, 2.05) is 17.4 Å². The molecule has 0 N–H and O–H groups in total. The fourth-order valence-corrected chi connectivity index (χ4v) is 9.26. The highest BCUT2D eigenvalue weighted by Gasteiger charge is 2.21. The number of fused-ring (bicyclic) bond motifs is 9. The predicted octanol–water partition coefficient (Wildman–Crippen LogP) is 15.1. The van der Waals surface area contributed by atoms with Crippen LogP contribution in [0.1, 0.15) is 0 Å². The maximum atomic E-state index is 6.60. The molecule has 0 spiro atoms. The Kier molecular flexibility index (Phi) is 6.76. The van der Waals surface area contributed by atoms with E-state index in [0.717, 1.165) is 39.0 Å². The van der Waals surface area contributed by atoms with Crippen molar-refractivity contribution >= 4 is 92.1 Å². The van der Waals surface area contributed by atoms with Crippen molar-refractivity contribution < 1.29 is 4.42 Å². The van der Waals surface area contributed by atoms with Crippen LogP contribution >= 0.6 is 11.3 Å². The fourth-order valence-electron chi connectivity index (χ4n) is 8.03. The average molecular weight is 694 g/mol. The zero-order valence-electron chi connectivity index (χ0n) is 28.7. The molecule has 0 fully saturated rings. The molecule has 248 valence electrons. The first-order chi connectivity index (χ1) is 26.2. The molecule has 11 aromatic rings. The Bertz CT molecular complexity index is 3190. The van der Waals surface area contributed by atoms with E-state index in [-0.39, 0.29) is 0 Å². The molecule has 9 aromatic carbocycles. The van der Waals surface area contributed by atoms with Crippen LogP contribution in [0.15, 0.2) is 192 Å². The zero-order valence-corrected chi connectivity index (χ0v) is 29.5. The topological polar surface area (TPSA) is 16.4 Å². The summed E-state index contributed by atoms with van der Waals surface area (Å²) >= 11 is 1.84. The summed E-state index contributed by atoms with van der Waals surface area (Å²) in [6.45, 7) is 0. The van der Waals surface area contributed by atoms with Gasteiger partial charge in [-0.15, -0.1) is 11.3 Å². The largest absolute Gasteiger partial charge is 0.455 e. The highest BCUT2D eigenvalue weighted by molar-refractivity contribution is 7.26. The minimum atomic E-state index is 0.916. The zero-order chi connectivity index (χ0) is 34.9. The third-order valence-corrected chi connectivity index (χ3v) is 11.8. The summed E-state index contributed by atoms with van der Waals surface area (Å²) in [5.41, 5.74) is 9.98. The lowest BCUT2D eigenvalue weighted by Crippen LogP contribution is -2.10. The summed E-state index contributed by atoms with van der Waals surface area (Å²) in [5, 5.41) is 9.65. The maximum absolute atomic E-state index is 6.60. The standard InChI is InChI=1S/C50H31NOS/c1-3-12-35-28-37(21-20-32(35)10-1)34-22-25-39(26-23-34)51(41-27-24-33-11-2-4-13-36(33)29-41)40-15-9-14-38(30-40)44-31-45-42-16-5-7-18-46(42)52-49(45)48-43-17-6-8-19-47(43)53-50(44)48/h1-31H. The Morgan fingerprint density at radius 1 is 0.396 bits per heavy atom. The van der Waals surface area contributed by atoms with Crippen LogP contribution in [0.3, 0.4) is 0 Å². The number of furan rings is 1. The molecular weight excluding hydrogens is 663 g/mol. The van der Waals surface area contributed by atoms with Gasteiger partial charge in [-0.05, 0) is 98.9 Å². The van der Waals surface area contributed by atoms with Crippen LogP contribution in [-0.4, -0.2) is 0 Å². The lowest BCUT2D eigenvalue weighted by atomic mass is 9.98. The van der Waals surface area contributed by atoms with Crippen molar-refractivity contribution in [1.29, 1.82) is 0 Å². The van der Waals surface area contributed by atoms with E-state index >= 15 is 0 Å². The van der Waals surface area contributed by atoms with Crippen LogP contribution in [0.4, 0.5) is 17.1 Å². The second-order valence-corrected chi connectivity index (χ2v) is 14.8. The summed E-state index contributed by atoms with van der Waals surface area (Å²) in [6.07, 6.45) is 0. The number of rotatable bonds is 5. The van der Waals surface area contributed by atoms with Crippen LogP contribution < -0.4 is 4.90 Å². The Morgan fingerprint density at radius 3 is 1.87 bits per heavy atom. The van der Waals surface area contributed by atoms with Crippen molar-refractivity contribution in [2.45, 2.75) is 0 Å². The number of anilines is 3. The normalized spacial score (nSPS) is 11.8. The second-order valence-electron chi connectivity index (χ2n) is 13.7. The van der Waals surface area contributed by atoms with Gasteiger partial charge in [0.15, 0.2) is 0 Å². The Labute approximate surface area is 310 Å². The van der Waals surface area contributed by atoms with Crippen molar-refractivity contribution in [3.8, 4) is 22.3 Å². The highest BCUT2D eigenvalue weighted by Crippen LogP contribution is 2.47. The lowest BCUT2D eigenvalue weighted by Gasteiger charge is -2.26. The Hall–Kier alpha value is -6.68. The number of benzene rings is 9. The molecule has 2 nitrogen and oxygen atoms in total. The van der Waals surface area contributed by atoms with Crippen molar-refractivity contribution in [1.82, 2.24) is 0 Å². The first-order valence-corrected chi connectivity index (χ1v) is 18.8. The van der Waals surface area contributed by atoms with E-state index in [2.05, 4.69) is 187 Å². The fraction of sp³-hybridized carbons (Fsp3) is 0. The Morgan fingerprint density at radius 2 is 1.04 bits per heavy atom. The van der Waals surface area contributed by atoms with Gasteiger partial charge in [0.25, 0.3) is 0 Å². The smallest absolute Gasteiger partial charge is 0.144 e. The summed E-state index contributed by atoms with van der Waals surface area (Å²) in [6, 6.07) is 68.0. The van der Waals surface area contributed by atoms with Gasteiger partial charge in [0.2, 0.25) is 0 Å². The molecule has 0 radical (unpaired) electrons. The predicted molar refractivity (Wildman–Crippen MR) is 227 cm³/mol. The number of thiophene rings is 1. The van der Waals surface area contributed by atoms with Crippen LogP contribution in [0.2, 0.25) is 0 Å². The van der Waals surface area contributed by atoms with Crippen molar-refractivity contribution in [2.75, 3.05) is 4.90 Å². The van der Waals surface area contributed by atoms with Gasteiger partial charge in [-0.3, -0.25) is 0 Å². The van der Waals surface area contributed by atoms with E-state index in [1.54, 1.807) is 0 Å². The summed E-state index contributed by atoms with van der Waals surface area (Å²) < 4.78 is 9.10. The molecule has 11 rings (SSSR count). The summed E-state index contributed by atoms with van der Waals surface area (Å²) in [4.78, 5) is 2.38. The summed E-state index contributed by atoms with van der Waals surface area (Å²) in [7, 11) is 0. The first kappa shape index (κ1) is 30.0.